The number of halogens is 3. The minimum Gasteiger partial charge on any atom is -0.348 e. The van der Waals surface area contributed by atoms with Crippen LogP contribution in [0.25, 0.3) is 10.9 Å². The zero-order chi connectivity index (χ0) is 15.9. The zero-order valence-electron chi connectivity index (χ0n) is 11.8. The van der Waals surface area contributed by atoms with Gasteiger partial charge in [-0.1, -0.05) is 6.58 Å². The highest BCUT2D eigenvalue weighted by atomic mass is 19.4. The Bertz CT molecular complexity index is 775. The topological polar surface area (TPSA) is 36.1 Å². The van der Waals surface area contributed by atoms with Crippen LogP contribution in [0.15, 0.2) is 41.8 Å². The Hall–Kier alpha value is -2.24. The molecule has 1 aliphatic carbocycles. The SMILES string of the molecule is C=CN(CC1CC1)c1ccc2[nH]c(=O)cc(C(F)(F)F)c2c1. The van der Waals surface area contributed by atoms with Gasteiger partial charge in [-0.15, -0.1) is 0 Å². The number of nitrogens with one attached hydrogen (secondary N) is 1. The molecule has 0 spiro atoms. The molecule has 3 nitrogen and oxygen atoms in total. The molecule has 0 unspecified atom stereocenters. The van der Waals surface area contributed by atoms with Crippen LogP contribution in [-0.2, 0) is 6.18 Å². The normalized spacial score (nSPS) is 15.0. The molecule has 1 saturated carbocycles. The number of alkyl halides is 3. The zero-order valence-corrected chi connectivity index (χ0v) is 11.8. The first-order chi connectivity index (χ1) is 10.4. The predicted octanol–water partition coefficient (Wildman–Crippen LogP) is 3.91. The van der Waals surface area contributed by atoms with Gasteiger partial charge in [0.05, 0.1) is 5.56 Å². The van der Waals surface area contributed by atoms with E-state index >= 15 is 0 Å². The van der Waals surface area contributed by atoms with Gasteiger partial charge >= 0.3 is 6.18 Å². The van der Waals surface area contributed by atoms with E-state index in [1.54, 1.807) is 12.3 Å². The summed E-state index contributed by atoms with van der Waals surface area (Å²) in [6.07, 6.45) is -0.669. The molecule has 0 aliphatic heterocycles. The Morgan fingerprint density at radius 1 is 1.32 bits per heavy atom. The van der Waals surface area contributed by atoms with Gasteiger partial charge < -0.3 is 9.88 Å². The molecule has 0 amide bonds. The van der Waals surface area contributed by atoms with E-state index in [0.717, 1.165) is 19.4 Å². The lowest BCUT2D eigenvalue weighted by Gasteiger charge is -2.21. The third-order valence-corrected chi connectivity index (χ3v) is 3.84. The quantitative estimate of drug-likeness (QED) is 0.929. The van der Waals surface area contributed by atoms with Gasteiger partial charge in [0.2, 0.25) is 5.56 Å². The molecule has 0 radical (unpaired) electrons. The van der Waals surface area contributed by atoms with E-state index in [0.29, 0.717) is 17.7 Å². The number of anilines is 1. The van der Waals surface area contributed by atoms with Crippen molar-refractivity contribution >= 4 is 16.6 Å². The highest BCUT2D eigenvalue weighted by Gasteiger charge is 2.33. The summed E-state index contributed by atoms with van der Waals surface area (Å²) in [6, 6.07) is 5.26. The molecule has 2 aromatic rings. The smallest absolute Gasteiger partial charge is 0.348 e. The number of pyridine rings is 1. The van der Waals surface area contributed by atoms with Crippen LogP contribution in [0.4, 0.5) is 18.9 Å². The third-order valence-electron chi connectivity index (χ3n) is 3.84. The van der Waals surface area contributed by atoms with Crippen molar-refractivity contribution in [1.29, 1.82) is 0 Å². The fourth-order valence-corrected chi connectivity index (χ4v) is 2.52. The summed E-state index contributed by atoms with van der Waals surface area (Å²) in [5.41, 5.74) is -0.847. The van der Waals surface area contributed by atoms with Gasteiger partial charge in [-0.2, -0.15) is 13.2 Å². The van der Waals surface area contributed by atoms with E-state index in [1.807, 2.05) is 4.90 Å². The summed E-state index contributed by atoms with van der Waals surface area (Å²) in [4.78, 5) is 15.7. The number of rotatable bonds is 4. The first kappa shape index (κ1) is 14.7. The number of hydrogen-bond donors (Lipinski definition) is 1. The van der Waals surface area contributed by atoms with E-state index in [2.05, 4.69) is 11.6 Å². The highest BCUT2D eigenvalue weighted by Crippen LogP contribution is 2.36. The number of benzene rings is 1. The van der Waals surface area contributed by atoms with Crippen molar-refractivity contribution < 1.29 is 13.2 Å². The molecule has 0 atom stereocenters. The Labute approximate surface area is 125 Å². The number of H-pyrrole nitrogens is 1. The molecule has 22 heavy (non-hydrogen) atoms. The van der Waals surface area contributed by atoms with Gasteiger partial charge in [0.15, 0.2) is 0 Å². The number of nitrogens with zero attached hydrogens (tertiary/aromatic N) is 1. The lowest BCUT2D eigenvalue weighted by molar-refractivity contribution is -0.136. The van der Waals surface area contributed by atoms with E-state index in [9.17, 15) is 18.0 Å². The van der Waals surface area contributed by atoms with Gasteiger partial charge in [-0.25, -0.2) is 0 Å². The van der Waals surface area contributed by atoms with Crippen LogP contribution in [0.5, 0.6) is 0 Å². The van der Waals surface area contributed by atoms with E-state index in [-0.39, 0.29) is 10.9 Å². The fourth-order valence-electron chi connectivity index (χ4n) is 2.52. The van der Waals surface area contributed by atoms with Crippen molar-refractivity contribution in [2.75, 3.05) is 11.4 Å². The van der Waals surface area contributed by atoms with Crippen LogP contribution in [0.1, 0.15) is 18.4 Å². The van der Waals surface area contributed by atoms with E-state index in [4.69, 9.17) is 0 Å². The van der Waals surface area contributed by atoms with Gasteiger partial charge in [0.1, 0.15) is 0 Å². The van der Waals surface area contributed by atoms with Crippen LogP contribution < -0.4 is 10.5 Å². The van der Waals surface area contributed by atoms with Gasteiger partial charge in [0.25, 0.3) is 0 Å². The molecule has 1 heterocycles. The summed E-state index contributed by atoms with van der Waals surface area (Å²) < 4.78 is 39.4. The number of fused-ring (bicyclic) bond motifs is 1. The maximum Gasteiger partial charge on any atom is 0.417 e. The van der Waals surface area contributed by atoms with Gasteiger partial charge in [-0.05, 0) is 43.2 Å². The van der Waals surface area contributed by atoms with Crippen molar-refractivity contribution in [3.8, 4) is 0 Å². The van der Waals surface area contributed by atoms with E-state index in [1.165, 1.54) is 12.1 Å². The first-order valence-electron chi connectivity index (χ1n) is 7.02. The summed E-state index contributed by atoms with van der Waals surface area (Å²) in [5.74, 6) is 0.575. The second kappa shape index (κ2) is 5.19. The predicted molar refractivity (Wildman–Crippen MR) is 79.8 cm³/mol. The minimum atomic E-state index is -4.57. The molecule has 0 bridgehead atoms. The average molecular weight is 308 g/mol. The second-order valence-corrected chi connectivity index (χ2v) is 5.55. The Balaban J connectivity index is 2.12. The second-order valence-electron chi connectivity index (χ2n) is 5.55. The van der Waals surface area contributed by atoms with Crippen LogP contribution >= 0.6 is 0 Å². The molecule has 1 aliphatic rings. The Kier molecular flexibility index (Phi) is 3.47. The van der Waals surface area contributed by atoms with Crippen molar-refractivity contribution in [2.24, 2.45) is 5.92 Å². The summed E-state index contributed by atoms with van der Waals surface area (Å²) in [5, 5.41) is -0.00718. The molecular formula is C16H15F3N2O. The maximum absolute atomic E-state index is 13.1. The monoisotopic (exact) mass is 308 g/mol. The van der Waals surface area contributed by atoms with Crippen LogP contribution in [0, 0.1) is 5.92 Å². The Morgan fingerprint density at radius 3 is 2.64 bits per heavy atom. The summed E-state index contributed by atoms with van der Waals surface area (Å²) in [7, 11) is 0. The first-order valence-corrected chi connectivity index (χ1v) is 7.02. The third kappa shape index (κ3) is 2.86. The molecule has 1 fully saturated rings. The summed E-state index contributed by atoms with van der Waals surface area (Å²) in [6.45, 7) is 4.48. The van der Waals surface area contributed by atoms with Crippen LogP contribution in [0.3, 0.4) is 0 Å². The van der Waals surface area contributed by atoms with Crippen LogP contribution in [0.2, 0.25) is 0 Å². The number of aromatic amines is 1. The van der Waals surface area contributed by atoms with E-state index < -0.39 is 17.3 Å². The maximum atomic E-state index is 13.1. The standard InChI is InChI=1S/C16H15F3N2O/c1-2-21(9-10-3-4-10)11-5-6-14-12(7-11)13(16(17,18)19)8-15(22)20-14/h2,5-8,10H,1,3-4,9H2,(H,20,22). The molecule has 116 valence electrons. The van der Waals surface area contributed by atoms with Crippen molar-refractivity contribution in [3.63, 3.8) is 0 Å². The Morgan fingerprint density at radius 2 is 2.05 bits per heavy atom. The molecular weight excluding hydrogens is 293 g/mol. The molecule has 6 heteroatoms. The molecule has 1 aromatic carbocycles. The fraction of sp³-hybridized carbons (Fsp3) is 0.312. The molecule has 1 aromatic heterocycles. The number of hydrogen-bond acceptors (Lipinski definition) is 2. The van der Waals surface area contributed by atoms with Gasteiger partial charge in [-0.3, -0.25) is 4.79 Å². The lowest BCUT2D eigenvalue weighted by atomic mass is 10.1. The molecule has 1 N–H and O–H groups in total. The average Bonchev–Trinajstić information content (AvgIpc) is 3.26. The number of aromatic nitrogens is 1. The van der Waals surface area contributed by atoms with Crippen molar-refractivity contribution in [2.45, 2.75) is 19.0 Å². The summed E-state index contributed by atoms with van der Waals surface area (Å²) >= 11 is 0. The highest BCUT2D eigenvalue weighted by molar-refractivity contribution is 5.86. The van der Waals surface area contributed by atoms with Crippen molar-refractivity contribution in [1.82, 2.24) is 4.98 Å². The van der Waals surface area contributed by atoms with Crippen LogP contribution in [-0.4, -0.2) is 11.5 Å². The molecule has 0 saturated heterocycles. The van der Waals surface area contributed by atoms with Crippen molar-refractivity contribution in [3.05, 3.63) is 53.0 Å². The van der Waals surface area contributed by atoms with Gasteiger partial charge in [0, 0.05) is 29.2 Å². The minimum absolute atomic E-state index is 0.00718. The molecule has 3 rings (SSSR count). The lowest BCUT2D eigenvalue weighted by Crippen LogP contribution is -2.19. The largest absolute Gasteiger partial charge is 0.417 e.